The third-order valence-electron chi connectivity index (χ3n) is 3.17. The van der Waals surface area contributed by atoms with Gasteiger partial charge in [-0.25, -0.2) is 8.42 Å². The normalized spacial score (nSPS) is 11.6. The molecule has 0 heterocycles. The molecule has 0 fully saturated rings. The molecule has 1 N–H and O–H groups in total. The number of aryl methyl sites for hydroxylation is 1. The number of halogens is 1. The Morgan fingerprint density at radius 2 is 2.00 bits per heavy atom. The van der Waals surface area contributed by atoms with Crippen molar-refractivity contribution in [2.75, 3.05) is 24.7 Å². The molecule has 120 valence electrons. The molecule has 1 aromatic rings. The molecular formula is C15H24BrNO3S. The summed E-state index contributed by atoms with van der Waals surface area (Å²) in [6, 6.07) is 4.04. The van der Waals surface area contributed by atoms with Crippen LogP contribution in [-0.4, -0.2) is 33.1 Å². The van der Waals surface area contributed by atoms with Crippen LogP contribution in [0.5, 0.6) is 5.75 Å². The van der Waals surface area contributed by atoms with Crippen molar-refractivity contribution in [2.45, 2.75) is 33.7 Å². The molecule has 21 heavy (non-hydrogen) atoms. The molecule has 6 heteroatoms. The van der Waals surface area contributed by atoms with Gasteiger partial charge in [-0.2, -0.15) is 0 Å². The topological polar surface area (TPSA) is 55.4 Å². The van der Waals surface area contributed by atoms with Crippen molar-refractivity contribution in [1.29, 1.82) is 0 Å². The van der Waals surface area contributed by atoms with Crippen molar-refractivity contribution in [3.63, 3.8) is 0 Å². The largest absolute Gasteiger partial charge is 0.493 e. The van der Waals surface area contributed by atoms with Gasteiger partial charge in [0.15, 0.2) is 0 Å². The predicted octanol–water partition coefficient (Wildman–Crippen LogP) is 3.07. The van der Waals surface area contributed by atoms with Gasteiger partial charge < -0.3 is 10.1 Å². The van der Waals surface area contributed by atoms with E-state index < -0.39 is 9.84 Å². The van der Waals surface area contributed by atoms with Crippen LogP contribution in [0.4, 0.5) is 0 Å². The lowest BCUT2D eigenvalue weighted by atomic mass is 10.1. The second-order valence-corrected chi connectivity index (χ2v) is 8.32. The zero-order valence-corrected chi connectivity index (χ0v) is 15.3. The van der Waals surface area contributed by atoms with Gasteiger partial charge in [0.2, 0.25) is 0 Å². The Morgan fingerprint density at radius 3 is 2.62 bits per heavy atom. The Kier molecular flexibility index (Phi) is 7.70. The molecule has 0 bridgehead atoms. The standard InChI is InChI=1S/C15H24BrNO3S/c1-4-17-11-13-10-14(16)9-12(3)15(13)20-7-6-8-21(18,19)5-2/h9-10,17H,4-8,11H2,1-3H3. The molecule has 0 saturated heterocycles. The minimum absolute atomic E-state index is 0.182. The lowest BCUT2D eigenvalue weighted by Gasteiger charge is -2.15. The summed E-state index contributed by atoms with van der Waals surface area (Å²) in [7, 11) is -2.91. The Hall–Kier alpha value is -0.590. The number of benzene rings is 1. The highest BCUT2D eigenvalue weighted by Crippen LogP contribution is 2.28. The molecule has 0 spiro atoms. The number of nitrogens with one attached hydrogen (secondary N) is 1. The summed E-state index contributed by atoms with van der Waals surface area (Å²) in [4.78, 5) is 0. The van der Waals surface area contributed by atoms with Gasteiger partial charge in [-0.05, 0) is 37.6 Å². The maximum Gasteiger partial charge on any atom is 0.150 e. The van der Waals surface area contributed by atoms with Crippen LogP contribution in [0.1, 0.15) is 31.4 Å². The van der Waals surface area contributed by atoms with Gasteiger partial charge >= 0.3 is 0 Å². The van der Waals surface area contributed by atoms with Gasteiger partial charge in [-0.3, -0.25) is 0 Å². The summed E-state index contributed by atoms with van der Waals surface area (Å²) in [6.45, 7) is 7.77. The third kappa shape index (κ3) is 6.36. The van der Waals surface area contributed by atoms with Gasteiger partial charge in [-0.15, -0.1) is 0 Å². The second kappa shape index (κ2) is 8.76. The van der Waals surface area contributed by atoms with Crippen LogP contribution in [0.25, 0.3) is 0 Å². The number of sulfone groups is 1. The van der Waals surface area contributed by atoms with Crippen molar-refractivity contribution in [3.8, 4) is 5.75 Å². The number of rotatable bonds is 9. The predicted molar refractivity (Wildman–Crippen MR) is 90.7 cm³/mol. The van der Waals surface area contributed by atoms with Gasteiger partial charge in [-0.1, -0.05) is 29.8 Å². The Labute approximate surface area is 136 Å². The lowest BCUT2D eigenvalue weighted by molar-refractivity contribution is 0.311. The van der Waals surface area contributed by atoms with Crippen molar-refractivity contribution >= 4 is 25.8 Å². The van der Waals surface area contributed by atoms with Crippen molar-refractivity contribution in [3.05, 3.63) is 27.7 Å². The SMILES string of the molecule is CCNCc1cc(Br)cc(C)c1OCCCS(=O)(=O)CC. The van der Waals surface area contributed by atoms with E-state index in [1.54, 1.807) is 6.92 Å². The van der Waals surface area contributed by atoms with Crippen LogP contribution in [0.2, 0.25) is 0 Å². The average Bonchev–Trinajstić information content (AvgIpc) is 2.42. The van der Waals surface area contributed by atoms with Gasteiger partial charge in [0.25, 0.3) is 0 Å². The molecule has 1 rings (SSSR count). The monoisotopic (exact) mass is 377 g/mol. The van der Waals surface area contributed by atoms with Crippen LogP contribution < -0.4 is 10.1 Å². The van der Waals surface area contributed by atoms with E-state index >= 15 is 0 Å². The second-order valence-electron chi connectivity index (χ2n) is 4.93. The molecule has 0 atom stereocenters. The van der Waals surface area contributed by atoms with Crippen molar-refractivity contribution in [1.82, 2.24) is 5.32 Å². The van der Waals surface area contributed by atoms with E-state index in [9.17, 15) is 8.42 Å². The zero-order valence-electron chi connectivity index (χ0n) is 12.9. The van der Waals surface area contributed by atoms with E-state index in [2.05, 4.69) is 28.2 Å². The van der Waals surface area contributed by atoms with E-state index in [0.717, 1.165) is 34.4 Å². The first kappa shape index (κ1) is 18.5. The van der Waals surface area contributed by atoms with Gasteiger partial charge in [0.05, 0.1) is 12.4 Å². The summed E-state index contributed by atoms with van der Waals surface area (Å²) < 4.78 is 29.8. The molecule has 1 aromatic carbocycles. The van der Waals surface area contributed by atoms with Crippen LogP contribution in [0.15, 0.2) is 16.6 Å². The summed E-state index contributed by atoms with van der Waals surface area (Å²) in [5.41, 5.74) is 2.14. The number of hydrogen-bond acceptors (Lipinski definition) is 4. The molecule has 0 saturated carbocycles. The van der Waals surface area contributed by atoms with E-state index in [1.165, 1.54) is 0 Å². The molecule has 0 amide bonds. The molecule has 0 aliphatic rings. The van der Waals surface area contributed by atoms with E-state index in [1.807, 2.05) is 19.1 Å². The first-order chi connectivity index (χ1) is 9.89. The molecule has 0 unspecified atom stereocenters. The van der Waals surface area contributed by atoms with E-state index in [0.29, 0.717) is 13.0 Å². The Balaban J connectivity index is 2.69. The Morgan fingerprint density at radius 1 is 1.29 bits per heavy atom. The minimum Gasteiger partial charge on any atom is -0.493 e. The van der Waals surface area contributed by atoms with Crippen LogP contribution in [0.3, 0.4) is 0 Å². The van der Waals surface area contributed by atoms with E-state index in [-0.39, 0.29) is 11.5 Å². The third-order valence-corrected chi connectivity index (χ3v) is 5.42. The fourth-order valence-corrected chi connectivity index (χ4v) is 3.46. The van der Waals surface area contributed by atoms with Gasteiger partial charge in [0.1, 0.15) is 15.6 Å². The van der Waals surface area contributed by atoms with Crippen LogP contribution in [-0.2, 0) is 16.4 Å². The van der Waals surface area contributed by atoms with E-state index in [4.69, 9.17) is 4.74 Å². The minimum atomic E-state index is -2.91. The quantitative estimate of drug-likeness (QED) is 0.671. The number of ether oxygens (including phenoxy) is 1. The average molecular weight is 378 g/mol. The number of hydrogen-bond donors (Lipinski definition) is 1. The summed E-state index contributed by atoms with van der Waals surface area (Å²) in [5.74, 6) is 1.23. The molecule has 0 aliphatic heterocycles. The molecule has 0 aliphatic carbocycles. The van der Waals surface area contributed by atoms with Crippen LogP contribution in [0, 0.1) is 6.92 Å². The fourth-order valence-electron chi connectivity index (χ4n) is 1.99. The Bertz CT molecular complexity index is 558. The molecule has 0 aromatic heterocycles. The maximum absolute atomic E-state index is 11.5. The zero-order chi connectivity index (χ0) is 15.9. The molecular weight excluding hydrogens is 354 g/mol. The maximum atomic E-state index is 11.5. The summed E-state index contributed by atoms with van der Waals surface area (Å²) in [5, 5.41) is 3.29. The summed E-state index contributed by atoms with van der Waals surface area (Å²) >= 11 is 3.49. The smallest absolute Gasteiger partial charge is 0.150 e. The molecule has 0 radical (unpaired) electrons. The highest BCUT2D eigenvalue weighted by atomic mass is 79.9. The van der Waals surface area contributed by atoms with Gasteiger partial charge in [0, 0.05) is 22.3 Å². The highest BCUT2D eigenvalue weighted by molar-refractivity contribution is 9.10. The first-order valence-electron chi connectivity index (χ1n) is 7.22. The fraction of sp³-hybridized carbons (Fsp3) is 0.600. The highest BCUT2D eigenvalue weighted by Gasteiger charge is 2.11. The van der Waals surface area contributed by atoms with Crippen LogP contribution >= 0.6 is 15.9 Å². The lowest BCUT2D eigenvalue weighted by Crippen LogP contribution is -2.15. The van der Waals surface area contributed by atoms with Crippen molar-refractivity contribution < 1.29 is 13.2 Å². The summed E-state index contributed by atoms with van der Waals surface area (Å²) in [6.07, 6.45) is 0.520. The first-order valence-corrected chi connectivity index (χ1v) is 9.84. The molecule has 4 nitrogen and oxygen atoms in total. The van der Waals surface area contributed by atoms with Crippen molar-refractivity contribution in [2.24, 2.45) is 0 Å².